The maximum atomic E-state index is 12.8. The average molecular weight is 347 g/mol. The number of carbonyl (C=O) groups excluding carboxylic acids is 2. The Labute approximate surface area is 143 Å². The highest BCUT2D eigenvalue weighted by Gasteiger charge is 2.27. The number of Topliss-reactive ketones (excluding diaryl/α,β-unsaturated/α-hetero) is 1. The zero-order valence-corrected chi connectivity index (χ0v) is 13.8. The van der Waals surface area contributed by atoms with Crippen LogP contribution in [0.4, 0.5) is 4.39 Å². The number of aromatic amines is 1. The molecule has 2 rings (SSSR count). The highest BCUT2D eigenvalue weighted by molar-refractivity contribution is 5.98. The number of aliphatic carboxylic acids is 1. The first kappa shape index (κ1) is 18.3. The molecule has 0 aliphatic heterocycles. The number of nitrogens with zero attached hydrogens (tertiary/aromatic N) is 1. The van der Waals surface area contributed by atoms with Gasteiger partial charge in [-0.15, -0.1) is 0 Å². The summed E-state index contributed by atoms with van der Waals surface area (Å²) in [7, 11) is 0. The van der Waals surface area contributed by atoms with Crippen molar-refractivity contribution in [1.29, 1.82) is 0 Å². The molecule has 0 aliphatic rings. The number of carboxylic acids is 1. The van der Waals surface area contributed by atoms with Crippen molar-refractivity contribution in [3.63, 3.8) is 0 Å². The number of hydrogen-bond donors (Lipinski definition) is 3. The van der Waals surface area contributed by atoms with E-state index in [0.717, 1.165) is 12.1 Å². The Morgan fingerprint density at radius 1 is 1.20 bits per heavy atom. The van der Waals surface area contributed by atoms with Gasteiger partial charge in [-0.3, -0.25) is 14.7 Å². The summed E-state index contributed by atoms with van der Waals surface area (Å²) >= 11 is 0. The van der Waals surface area contributed by atoms with E-state index in [2.05, 4.69) is 15.5 Å². The molecule has 2 aromatic rings. The van der Waals surface area contributed by atoms with Crippen molar-refractivity contribution in [2.45, 2.75) is 32.7 Å². The first-order chi connectivity index (χ1) is 11.8. The van der Waals surface area contributed by atoms with Crippen LogP contribution in [0.3, 0.4) is 0 Å². The fourth-order valence-corrected chi connectivity index (χ4v) is 2.48. The van der Waals surface area contributed by atoms with E-state index in [0.29, 0.717) is 22.5 Å². The number of nitrogens with one attached hydrogen (secondary N) is 2. The Morgan fingerprint density at radius 3 is 2.36 bits per heavy atom. The molecule has 1 aromatic heterocycles. The maximum Gasteiger partial charge on any atom is 0.331 e. The largest absolute Gasteiger partial charge is 0.479 e. The zero-order valence-electron chi connectivity index (χ0n) is 13.8. The Kier molecular flexibility index (Phi) is 5.63. The number of carboxylic acid groups (broad SMARTS) is 1. The minimum absolute atomic E-state index is 0.104. The third kappa shape index (κ3) is 4.50. The molecule has 7 nitrogen and oxygen atoms in total. The van der Waals surface area contributed by atoms with Crippen LogP contribution in [0.2, 0.25) is 0 Å². The van der Waals surface area contributed by atoms with Gasteiger partial charge >= 0.3 is 5.97 Å². The molecule has 0 fully saturated rings. The Bertz CT molecular complexity index is 779. The molecule has 8 heteroatoms. The quantitative estimate of drug-likeness (QED) is 0.664. The summed E-state index contributed by atoms with van der Waals surface area (Å²) in [5, 5.41) is 18.4. The first-order valence-electron chi connectivity index (χ1n) is 7.62. The first-order valence-corrected chi connectivity index (χ1v) is 7.62. The lowest BCUT2D eigenvalue weighted by atomic mass is 10.0. The zero-order chi connectivity index (χ0) is 18.6. The average Bonchev–Trinajstić information content (AvgIpc) is 2.89. The number of rotatable bonds is 7. The minimum Gasteiger partial charge on any atom is -0.479 e. The van der Waals surface area contributed by atoms with Gasteiger partial charge in [0.1, 0.15) is 5.82 Å². The van der Waals surface area contributed by atoms with Crippen molar-refractivity contribution in [2.24, 2.45) is 0 Å². The van der Waals surface area contributed by atoms with E-state index >= 15 is 0 Å². The molecule has 3 N–H and O–H groups in total. The van der Waals surface area contributed by atoms with E-state index in [1.165, 1.54) is 12.1 Å². The van der Waals surface area contributed by atoms with Gasteiger partial charge in [-0.2, -0.15) is 5.10 Å². The molecule has 0 radical (unpaired) electrons. The van der Waals surface area contributed by atoms with E-state index in [1.54, 1.807) is 13.8 Å². The van der Waals surface area contributed by atoms with E-state index in [4.69, 9.17) is 0 Å². The van der Waals surface area contributed by atoms with Gasteiger partial charge in [0, 0.05) is 29.7 Å². The van der Waals surface area contributed by atoms with E-state index in [-0.39, 0.29) is 18.6 Å². The van der Waals surface area contributed by atoms with Gasteiger partial charge in [0.15, 0.2) is 11.8 Å². The molecule has 0 unspecified atom stereocenters. The second-order valence-corrected chi connectivity index (χ2v) is 5.62. The molecular formula is C17H18FN3O4. The molecule has 0 bridgehead atoms. The van der Waals surface area contributed by atoms with Gasteiger partial charge in [-0.25, -0.2) is 9.18 Å². The van der Waals surface area contributed by atoms with Crippen LogP contribution in [0, 0.1) is 19.7 Å². The molecule has 1 aromatic carbocycles. The van der Waals surface area contributed by atoms with Crippen molar-refractivity contribution in [3.05, 3.63) is 52.6 Å². The number of H-pyrrole nitrogens is 1. The van der Waals surface area contributed by atoms with Gasteiger partial charge in [-0.05, 0) is 38.1 Å². The smallest absolute Gasteiger partial charge is 0.331 e. The lowest BCUT2D eigenvalue weighted by molar-refractivity contribution is -0.142. The van der Waals surface area contributed by atoms with Gasteiger partial charge < -0.3 is 10.4 Å². The van der Waals surface area contributed by atoms with Gasteiger partial charge in [0.2, 0.25) is 5.91 Å². The molecule has 1 atom stereocenters. The number of aromatic nitrogens is 2. The van der Waals surface area contributed by atoms with Crippen LogP contribution in [0.5, 0.6) is 0 Å². The monoisotopic (exact) mass is 347 g/mol. The van der Waals surface area contributed by atoms with Gasteiger partial charge in [0.05, 0.1) is 5.69 Å². The lowest BCUT2D eigenvalue weighted by Crippen LogP contribution is -2.34. The highest BCUT2D eigenvalue weighted by Crippen LogP contribution is 2.20. The number of carbonyl (C=O) groups is 3. The minimum atomic E-state index is -1.24. The normalized spacial score (nSPS) is 11.8. The predicted octanol–water partition coefficient (Wildman–Crippen LogP) is 2.07. The van der Waals surface area contributed by atoms with Crippen LogP contribution in [0.15, 0.2) is 24.3 Å². The van der Waals surface area contributed by atoms with Gasteiger partial charge in [0.25, 0.3) is 0 Å². The number of aryl methyl sites for hydroxylation is 2. The van der Waals surface area contributed by atoms with Crippen molar-refractivity contribution in [2.75, 3.05) is 0 Å². The van der Waals surface area contributed by atoms with Crippen molar-refractivity contribution in [1.82, 2.24) is 15.5 Å². The molecule has 132 valence electrons. The number of halogens is 1. The van der Waals surface area contributed by atoms with Crippen LogP contribution in [-0.2, 0) is 9.59 Å². The van der Waals surface area contributed by atoms with E-state index < -0.39 is 23.7 Å². The standard InChI is InChI=1S/C17H18FN3O4/c1-9-15(10(2)21-20-9)16(17(24)25)19-14(23)8-7-13(22)11-3-5-12(18)6-4-11/h3-6,16H,7-8H2,1-2H3,(H,19,23)(H,20,21)(H,24,25)/t16-/m0/s1. The van der Waals surface area contributed by atoms with E-state index in [1.807, 2.05) is 0 Å². The highest BCUT2D eigenvalue weighted by atomic mass is 19.1. The Hall–Kier alpha value is -3.03. The molecule has 0 saturated carbocycles. The van der Waals surface area contributed by atoms with Crippen molar-refractivity contribution in [3.8, 4) is 0 Å². The maximum absolute atomic E-state index is 12.8. The van der Waals surface area contributed by atoms with Crippen LogP contribution < -0.4 is 5.32 Å². The van der Waals surface area contributed by atoms with Crippen LogP contribution in [-0.4, -0.2) is 33.0 Å². The molecule has 0 aliphatic carbocycles. The molecular weight excluding hydrogens is 329 g/mol. The summed E-state index contributed by atoms with van der Waals surface area (Å²) in [5.74, 6) is -2.56. The second-order valence-electron chi connectivity index (χ2n) is 5.62. The number of hydrogen-bond acceptors (Lipinski definition) is 4. The Morgan fingerprint density at radius 2 is 1.84 bits per heavy atom. The predicted molar refractivity (Wildman–Crippen MR) is 86.5 cm³/mol. The fourth-order valence-electron chi connectivity index (χ4n) is 2.48. The third-order valence-corrected chi connectivity index (χ3v) is 3.77. The van der Waals surface area contributed by atoms with Crippen LogP contribution in [0.25, 0.3) is 0 Å². The molecule has 1 heterocycles. The Balaban J connectivity index is 1.99. The number of ketones is 1. The topological polar surface area (TPSA) is 112 Å². The molecule has 0 spiro atoms. The molecule has 1 amide bonds. The summed E-state index contributed by atoms with van der Waals surface area (Å²) < 4.78 is 12.8. The SMILES string of the molecule is Cc1n[nH]c(C)c1[C@H](NC(=O)CCC(=O)c1ccc(F)cc1)C(=O)O. The summed E-state index contributed by atoms with van der Waals surface area (Å²) in [6.45, 7) is 3.30. The van der Waals surface area contributed by atoms with Crippen molar-refractivity contribution < 1.29 is 23.9 Å². The lowest BCUT2D eigenvalue weighted by Gasteiger charge is -2.15. The number of benzene rings is 1. The van der Waals surface area contributed by atoms with Gasteiger partial charge in [-0.1, -0.05) is 0 Å². The van der Waals surface area contributed by atoms with Crippen LogP contribution in [0.1, 0.15) is 46.2 Å². The van der Waals surface area contributed by atoms with Crippen molar-refractivity contribution >= 4 is 17.7 Å². The second kappa shape index (κ2) is 7.69. The fraction of sp³-hybridized carbons (Fsp3) is 0.294. The third-order valence-electron chi connectivity index (χ3n) is 3.77. The van der Waals surface area contributed by atoms with E-state index in [9.17, 15) is 23.9 Å². The summed E-state index contributed by atoms with van der Waals surface area (Å²) in [5.41, 5.74) is 1.72. The summed E-state index contributed by atoms with van der Waals surface area (Å²) in [6, 6.07) is 3.77. The molecule has 0 saturated heterocycles. The summed E-state index contributed by atoms with van der Waals surface area (Å²) in [6.07, 6.45) is -0.275. The summed E-state index contributed by atoms with van der Waals surface area (Å²) in [4.78, 5) is 35.5. The molecule has 25 heavy (non-hydrogen) atoms. The number of amides is 1. The van der Waals surface area contributed by atoms with Crippen LogP contribution >= 0.6 is 0 Å².